The van der Waals surface area contributed by atoms with Gasteiger partial charge in [0.25, 0.3) is 5.91 Å². The fourth-order valence-corrected chi connectivity index (χ4v) is 4.11. The van der Waals surface area contributed by atoms with Crippen molar-refractivity contribution in [1.29, 1.82) is 0 Å². The van der Waals surface area contributed by atoms with Gasteiger partial charge in [-0.05, 0) is 42.0 Å². The Morgan fingerprint density at radius 3 is 2.58 bits per heavy atom. The van der Waals surface area contributed by atoms with Gasteiger partial charge in [0.1, 0.15) is 17.0 Å². The molecule has 0 aliphatic rings. The van der Waals surface area contributed by atoms with E-state index in [1.807, 2.05) is 17.5 Å². The molecule has 0 unspecified atom stereocenters. The van der Waals surface area contributed by atoms with Gasteiger partial charge in [-0.3, -0.25) is 9.59 Å². The lowest BCUT2D eigenvalue weighted by Crippen LogP contribution is -2.37. The maximum absolute atomic E-state index is 13.0. The van der Waals surface area contributed by atoms with Crippen molar-refractivity contribution in [2.75, 3.05) is 25.5 Å². The van der Waals surface area contributed by atoms with E-state index in [2.05, 4.69) is 15.3 Å². The van der Waals surface area contributed by atoms with Crippen molar-refractivity contribution in [1.82, 2.24) is 14.9 Å². The van der Waals surface area contributed by atoms with Crippen LogP contribution in [0.3, 0.4) is 0 Å². The molecule has 33 heavy (non-hydrogen) atoms. The van der Waals surface area contributed by atoms with Crippen molar-refractivity contribution in [2.45, 2.75) is 0 Å². The van der Waals surface area contributed by atoms with Crippen molar-refractivity contribution in [3.8, 4) is 17.0 Å². The zero-order chi connectivity index (χ0) is 23.4. The van der Waals surface area contributed by atoms with E-state index in [1.165, 1.54) is 53.9 Å². The van der Waals surface area contributed by atoms with E-state index in [1.54, 1.807) is 12.1 Å². The quantitative estimate of drug-likeness (QED) is 0.413. The largest absolute Gasteiger partial charge is 0.467 e. The molecule has 0 bridgehead atoms. The summed E-state index contributed by atoms with van der Waals surface area (Å²) < 4.78 is 18.7. The Labute approximate surface area is 197 Å². The molecule has 0 atom stereocenters. The van der Waals surface area contributed by atoms with Gasteiger partial charge >= 0.3 is 0 Å². The van der Waals surface area contributed by atoms with E-state index in [0.29, 0.717) is 16.1 Å². The highest BCUT2D eigenvalue weighted by molar-refractivity contribution is 7.17. The van der Waals surface area contributed by atoms with Gasteiger partial charge in [0.15, 0.2) is 6.61 Å². The molecule has 2 aromatic heterocycles. The first-order valence-electron chi connectivity index (χ1n) is 9.81. The average molecular weight is 485 g/mol. The fraction of sp³-hybridized carbons (Fsp3) is 0.130. The maximum atomic E-state index is 13.0. The molecular weight excluding hydrogens is 467 g/mol. The Hall–Kier alpha value is -3.56. The number of ether oxygens (including phenoxy) is 1. The molecule has 10 heteroatoms. The third kappa shape index (κ3) is 5.44. The molecule has 1 N–H and O–H groups in total. The first-order chi connectivity index (χ1) is 15.9. The van der Waals surface area contributed by atoms with Gasteiger partial charge in [0, 0.05) is 28.7 Å². The Bertz CT molecular complexity index is 1300. The van der Waals surface area contributed by atoms with Crippen LogP contribution in [0.4, 0.5) is 10.1 Å². The van der Waals surface area contributed by atoms with E-state index < -0.39 is 17.6 Å². The van der Waals surface area contributed by atoms with Gasteiger partial charge in [-0.2, -0.15) is 0 Å². The van der Waals surface area contributed by atoms with Crippen LogP contribution in [0, 0.1) is 5.82 Å². The molecule has 2 heterocycles. The molecule has 2 amide bonds. The van der Waals surface area contributed by atoms with Gasteiger partial charge in [0.05, 0.1) is 11.9 Å². The number of benzene rings is 2. The second-order valence-corrected chi connectivity index (χ2v) is 8.40. The lowest BCUT2D eigenvalue weighted by atomic mass is 10.1. The molecule has 0 aliphatic carbocycles. The Morgan fingerprint density at radius 2 is 1.85 bits per heavy atom. The van der Waals surface area contributed by atoms with Crippen LogP contribution in [0.2, 0.25) is 5.02 Å². The molecule has 0 spiro atoms. The lowest BCUT2D eigenvalue weighted by Gasteiger charge is -2.17. The zero-order valence-corrected chi connectivity index (χ0v) is 19.0. The van der Waals surface area contributed by atoms with Gasteiger partial charge in [-0.25, -0.2) is 14.4 Å². The third-order valence-electron chi connectivity index (χ3n) is 4.76. The monoisotopic (exact) mass is 484 g/mol. The summed E-state index contributed by atoms with van der Waals surface area (Å²) in [6, 6.07) is 12.7. The summed E-state index contributed by atoms with van der Waals surface area (Å²) in [7, 11) is 1.50. The summed E-state index contributed by atoms with van der Waals surface area (Å²) in [6.07, 6.45) is 1.38. The summed E-state index contributed by atoms with van der Waals surface area (Å²) in [6.45, 7) is -0.490. The molecule has 7 nitrogen and oxygen atoms in total. The lowest BCUT2D eigenvalue weighted by molar-refractivity contribution is -0.135. The highest BCUT2D eigenvalue weighted by Crippen LogP contribution is 2.37. The molecule has 168 valence electrons. The van der Waals surface area contributed by atoms with Crippen LogP contribution in [0.25, 0.3) is 21.3 Å². The topological polar surface area (TPSA) is 84.4 Å². The predicted molar refractivity (Wildman–Crippen MR) is 126 cm³/mol. The molecule has 0 saturated carbocycles. The molecule has 2 aromatic carbocycles. The van der Waals surface area contributed by atoms with Crippen LogP contribution in [0.1, 0.15) is 0 Å². The van der Waals surface area contributed by atoms with Crippen LogP contribution in [0.5, 0.6) is 5.88 Å². The highest BCUT2D eigenvalue weighted by atomic mass is 35.5. The Kier molecular flexibility index (Phi) is 6.81. The summed E-state index contributed by atoms with van der Waals surface area (Å²) in [5, 5.41) is 5.89. The number of hydrogen-bond donors (Lipinski definition) is 1. The van der Waals surface area contributed by atoms with Crippen LogP contribution in [0.15, 0.2) is 60.2 Å². The van der Waals surface area contributed by atoms with E-state index >= 15 is 0 Å². The number of thiophene rings is 1. The van der Waals surface area contributed by atoms with Crippen molar-refractivity contribution in [3.05, 3.63) is 71.1 Å². The highest BCUT2D eigenvalue weighted by Gasteiger charge is 2.18. The minimum atomic E-state index is -0.412. The van der Waals surface area contributed by atoms with E-state index in [4.69, 9.17) is 16.3 Å². The van der Waals surface area contributed by atoms with Gasteiger partial charge in [-0.1, -0.05) is 23.7 Å². The van der Waals surface area contributed by atoms with Crippen molar-refractivity contribution >= 4 is 50.7 Å². The first kappa shape index (κ1) is 22.6. The molecule has 0 saturated heterocycles. The summed E-state index contributed by atoms with van der Waals surface area (Å²) >= 11 is 7.43. The van der Waals surface area contributed by atoms with E-state index in [0.717, 1.165) is 16.0 Å². The molecule has 0 fully saturated rings. The number of aromatic nitrogens is 2. The van der Waals surface area contributed by atoms with Crippen LogP contribution in [-0.2, 0) is 9.59 Å². The van der Waals surface area contributed by atoms with E-state index in [-0.39, 0.29) is 19.0 Å². The number of carbonyl (C=O) groups excluding carboxylic acids is 2. The Balaban J connectivity index is 1.42. The number of halogens is 2. The molecule has 4 aromatic rings. The average Bonchev–Trinajstić information content (AvgIpc) is 3.24. The summed E-state index contributed by atoms with van der Waals surface area (Å²) in [5.74, 6) is -0.936. The van der Waals surface area contributed by atoms with Crippen molar-refractivity contribution < 1.29 is 18.7 Å². The fourth-order valence-electron chi connectivity index (χ4n) is 3.08. The predicted octanol–water partition coefficient (Wildman–Crippen LogP) is 4.63. The summed E-state index contributed by atoms with van der Waals surface area (Å²) in [4.78, 5) is 35.2. The van der Waals surface area contributed by atoms with Gasteiger partial charge in [-0.15, -0.1) is 11.3 Å². The number of rotatable bonds is 7. The van der Waals surface area contributed by atoms with Gasteiger partial charge in [0.2, 0.25) is 11.8 Å². The minimum absolute atomic E-state index is 0.187. The molecule has 0 aliphatic heterocycles. The van der Waals surface area contributed by atoms with Crippen molar-refractivity contribution in [3.63, 3.8) is 0 Å². The molecular formula is C23H18ClFN4O3S. The van der Waals surface area contributed by atoms with Gasteiger partial charge < -0.3 is 15.0 Å². The molecule has 0 radical (unpaired) electrons. The third-order valence-corrected chi connectivity index (χ3v) is 5.90. The number of nitrogens with one attached hydrogen (secondary N) is 1. The number of amides is 2. The normalized spacial score (nSPS) is 10.8. The van der Waals surface area contributed by atoms with Crippen LogP contribution >= 0.6 is 22.9 Å². The minimum Gasteiger partial charge on any atom is -0.467 e. The maximum Gasteiger partial charge on any atom is 0.260 e. The first-order valence-corrected chi connectivity index (χ1v) is 11.1. The van der Waals surface area contributed by atoms with Crippen molar-refractivity contribution in [2.24, 2.45) is 0 Å². The number of fused-ring (bicyclic) bond motifs is 1. The van der Waals surface area contributed by atoms with Crippen LogP contribution in [-0.4, -0.2) is 46.9 Å². The number of carbonyl (C=O) groups is 2. The number of hydrogen-bond acceptors (Lipinski definition) is 6. The second-order valence-electron chi connectivity index (χ2n) is 7.11. The second kappa shape index (κ2) is 9.93. The number of anilines is 1. The standard InChI is InChI=1S/C23H18ClFN4O3S/c1-29(10-19(30)28-17-8-6-16(25)7-9-17)20(31)11-32-22-21-18(12-33-23(21)27-13-26-22)14-2-4-15(24)5-3-14/h2-9,12-13H,10-11H2,1H3,(H,28,30). The van der Waals surface area contributed by atoms with E-state index in [9.17, 15) is 14.0 Å². The number of nitrogens with zero attached hydrogens (tertiary/aromatic N) is 3. The smallest absolute Gasteiger partial charge is 0.260 e. The Morgan fingerprint density at radius 1 is 1.12 bits per heavy atom. The number of likely N-dealkylation sites (N-methyl/N-ethyl adjacent to an activating group) is 1. The SMILES string of the molecule is CN(CC(=O)Nc1ccc(F)cc1)C(=O)COc1ncnc2scc(-c3ccc(Cl)cc3)c12. The van der Waals surface area contributed by atoms with Crippen LogP contribution < -0.4 is 10.1 Å². The summed E-state index contributed by atoms with van der Waals surface area (Å²) in [5.41, 5.74) is 2.24. The molecule has 4 rings (SSSR count). The zero-order valence-electron chi connectivity index (χ0n) is 17.4.